The van der Waals surface area contributed by atoms with Crippen LogP contribution in [0.5, 0.6) is 0 Å². The van der Waals surface area contributed by atoms with E-state index < -0.39 is 0 Å². The second-order valence-electron chi connectivity index (χ2n) is 26.8. The van der Waals surface area contributed by atoms with E-state index in [1.807, 2.05) is 97.1 Å². The summed E-state index contributed by atoms with van der Waals surface area (Å²) in [5, 5.41) is 8.74. The van der Waals surface area contributed by atoms with Gasteiger partial charge in [0, 0.05) is 76.5 Å². The lowest BCUT2D eigenvalue weighted by atomic mass is 9.94. The van der Waals surface area contributed by atoms with E-state index in [-0.39, 0.29) is 0 Å². The number of para-hydroxylation sites is 4. The van der Waals surface area contributed by atoms with Crippen LogP contribution in [-0.4, -0.2) is 19.9 Å². The van der Waals surface area contributed by atoms with Crippen LogP contribution in [0.2, 0.25) is 0 Å². The molecule has 6 heterocycles. The van der Waals surface area contributed by atoms with E-state index >= 15 is 0 Å². The van der Waals surface area contributed by atoms with Gasteiger partial charge in [0.2, 0.25) is 0 Å². The Kier molecular flexibility index (Phi) is 15.0. The zero-order chi connectivity index (χ0) is 70.0. The summed E-state index contributed by atoms with van der Waals surface area (Å²) in [6.07, 6.45) is 0. The lowest BCUT2D eigenvalue weighted by Crippen LogP contribution is -1.97. The van der Waals surface area contributed by atoms with Crippen molar-refractivity contribution in [3.05, 3.63) is 364 Å². The van der Waals surface area contributed by atoms with Crippen LogP contribution in [-0.2, 0) is 0 Å². The average Bonchev–Trinajstić information content (AvgIpc) is 1.46. The molecule has 21 aromatic rings. The van der Waals surface area contributed by atoms with E-state index in [4.69, 9.17) is 37.6 Å². The predicted octanol–water partition coefficient (Wildman–Crippen LogP) is 26.9. The molecule has 0 fully saturated rings. The van der Waals surface area contributed by atoms with Crippen LogP contribution in [0.3, 0.4) is 0 Å². The summed E-state index contributed by atoms with van der Waals surface area (Å²) in [5.41, 5.74) is 27.4. The van der Waals surface area contributed by atoms with Gasteiger partial charge in [-0.3, -0.25) is 0 Å². The Bertz CT molecular complexity index is 6620. The number of furan rings is 4. The highest BCUT2D eigenvalue weighted by molar-refractivity contribution is 6.10. The number of hydrogen-bond acceptors (Lipinski definition) is 8. The van der Waals surface area contributed by atoms with Crippen molar-refractivity contribution in [1.82, 2.24) is 19.9 Å². The number of hydrogen-bond donors (Lipinski definition) is 0. The van der Waals surface area contributed by atoms with Gasteiger partial charge in [-0.2, -0.15) is 0 Å². The second kappa shape index (κ2) is 25.9. The molecule has 0 bridgehead atoms. The first-order valence-electron chi connectivity index (χ1n) is 35.5. The van der Waals surface area contributed by atoms with Gasteiger partial charge >= 0.3 is 0 Å². The number of rotatable bonds is 11. The van der Waals surface area contributed by atoms with Gasteiger partial charge in [-0.15, -0.1) is 0 Å². The largest absolute Gasteiger partial charge is 0.456 e. The molecule has 0 atom stereocenters. The third kappa shape index (κ3) is 11.5. The highest BCUT2D eigenvalue weighted by atomic mass is 16.3. The summed E-state index contributed by atoms with van der Waals surface area (Å²) in [6.45, 7) is 0. The molecule has 0 unspecified atom stereocenters. The molecule has 0 radical (unpaired) electrons. The maximum Gasteiger partial charge on any atom is 0.160 e. The van der Waals surface area contributed by atoms with E-state index in [2.05, 4.69) is 267 Å². The van der Waals surface area contributed by atoms with Crippen molar-refractivity contribution in [2.24, 2.45) is 0 Å². The Morgan fingerprint density at radius 2 is 0.340 bits per heavy atom. The quantitative estimate of drug-likeness (QED) is 0.126. The fraction of sp³-hybridized carbons (Fsp3) is 0. The third-order valence-corrected chi connectivity index (χ3v) is 20.2. The molecule has 0 spiro atoms. The van der Waals surface area contributed by atoms with E-state index in [1.54, 1.807) is 0 Å². The van der Waals surface area contributed by atoms with Crippen molar-refractivity contribution in [1.29, 1.82) is 0 Å². The summed E-state index contributed by atoms with van der Waals surface area (Å²) < 4.78 is 24.8. The van der Waals surface area contributed by atoms with Crippen molar-refractivity contribution in [3.8, 4) is 123 Å². The SMILES string of the molecule is c1ccc(-c2cc(-c3ccccc3)nc(-c3cc(-c4ccc5oc6ccccc6c5c4)cc(-c4ccc5oc6ccccc6c5c4)c3)n2)cc1.c1ccc(-c2ccc(-c3cc(-c4ccccc4)nc(-c4cc(-c5ccc6oc7ccccc7c6c5)cc(-c5ccc6oc7ccccc7c6c5)c4)n3)cc2)cc1. The van der Waals surface area contributed by atoms with E-state index in [0.29, 0.717) is 11.6 Å². The minimum absolute atomic E-state index is 0.654. The topological polar surface area (TPSA) is 104 Å². The maximum absolute atomic E-state index is 6.21. The second-order valence-corrected chi connectivity index (χ2v) is 26.8. The molecule has 21 rings (SSSR count). The molecular weight excluding hydrogens is 1300 g/mol. The molecule has 0 N–H and O–H groups in total. The van der Waals surface area contributed by atoms with Crippen LogP contribution < -0.4 is 0 Å². The van der Waals surface area contributed by atoms with E-state index in [1.165, 1.54) is 5.56 Å². The minimum atomic E-state index is 0.654. The van der Waals surface area contributed by atoms with Gasteiger partial charge in [0.25, 0.3) is 0 Å². The van der Waals surface area contributed by atoms with Gasteiger partial charge in [-0.1, -0.05) is 243 Å². The maximum atomic E-state index is 6.21. The van der Waals surface area contributed by atoms with Gasteiger partial charge in [0.05, 0.1) is 22.8 Å². The van der Waals surface area contributed by atoms with Gasteiger partial charge in [-0.05, 0) is 177 Å². The highest BCUT2D eigenvalue weighted by Gasteiger charge is 2.20. The Hall–Kier alpha value is -14.3. The molecular formula is C98H60N4O4. The smallest absolute Gasteiger partial charge is 0.160 e. The molecule has 0 saturated heterocycles. The van der Waals surface area contributed by atoms with E-state index in [0.717, 1.165) is 194 Å². The molecule has 0 aliphatic carbocycles. The van der Waals surface area contributed by atoms with Crippen molar-refractivity contribution in [2.45, 2.75) is 0 Å². The average molecular weight is 1360 g/mol. The standard InChI is InChI=1S/C52H32N2O2.C46H28N2O2/c1-3-11-33(12-4-1)34-19-21-36(22-20-34)47-32-46(35-13-5-2-6-14-35)53-52(54-47)41-28-39(37-23-25-50-44(30-37)42-15-7-9-17-48(42)55-50)27-40(29-41)38-24-26-51-45(31-38)43-16-8-10-18-49(43)56-51;1-3-11-29(12-4-1)40-28-41(30-13-5-2-6-14-30)48-46(47-40)35-24-33(31-19-21-44-38(26-31)36-15-7-9-17-42(36)49-44)23-34(25-35)32-20-22-45-39(27-32)37-16-8-10-18-43(37)50-45/h1-32H;1-28H. The molecule has 106 heavy (non-hydrogen) atoms. The molecule has 0 saturated carbocycles. The summed E-state index contributed by atoms with van der Waals surface area (Å²) in [7, 11) is 0. The van der Waals surface area contributed by atoms with Crippen LogP contribution >= 0.6 is 0 Å². The third-order valence-electron chi connectivity index (χ3n) is 20.2. The molecule has 6 aromatic heterocycles. The summed E-state index contributed by atoms with van der Waals surface area (Å²) in [4.78, 5) is 20.9. The van der Waals surface area contributed by atoms with Gasteiger partial charge < -0.3 is 17.7 Å². The molecule has 0 aliphatic heterocycles. The zero-order valence-corrected chi connectivity index (χ0v) is 57.1. The fourth-order valence-electron chi connectivity index (χ4n) is 14.8. The van der Waals surface area contributed by atoms with Crippen LogP contribution in [0, 0.1) is 0 Å². The predicted molar refractivity (Wildman–Crippen MR) is 433 cm³/mol. The fourth-order valence-corrected chi connectivity index (χ4v) is 14.8. The monoisotopic (exact) mass is 1360 g/mol. The van der Waals surface area contributed by atoms with Gasteiger partial charge in [0.1, 0.15) is 44.7 Å². The van der Waals surface area contributed by atoms with Crippen molar-refractivity contribution < 1.29 is 17.7 Å². The molecule has 8 heteroatoms. The Morgan fingerprint density at radius 3 is 0.632 bits per heavy atom. The number of nitrogens with zero attached hydrogens (tertiary/aromatic N) is 4. The van der Waals surface area contributed by atoms with Crippen LogP contribution in [0.1, 0.15) is 0 Å². The summed E-state index contributed by atoms with van der Waals surface area (Å²) in [6, 6.07) is 126. The van der Waals surface area contributed by atoms with Gasteiger partial charge in [0.15, 0.2) is 11.6 Å². The molecule has 15 aromatic carbocycles. The molecule has 496 valence electrons. The highest BCUT2D eigenvalue weighted by Crippen LogP contribution is 2.43. The van der Waals surface area contributed by atoms with Crippen molar-refractivity contribution in [2.75, 3.05) is 0 Å². The van der Waals surface area contributed by atoms with Gasteiger partial charge in [-0.25, -0.2) is 19.9 Å². The molecule has 0 aliphatic rings. The first-order chi connectivity index (χ1) is 52.4. The normalized spacial score (nSPS) is 11.6. The lowest BCUT2D eigenvalue weighted by molar-refractivity contribution is 0.668. The first kappa shape index (κ1) is 61.5. The Morgan fingerprint density at radius 1 is 0.132 bits per heavy atom. The van der Waals surface area contributed by atoms with Crippen LogP contribution in [0.15, 0.2) is 382 Å². The number of aromatic nitrogens is 4. The number of fused-ring (bicyclic) bond motifs is 12. The van der Waals surface area contributed by atoms with Crippen LogP contribution in [0.4, 0.5) is 0 Å². The Labute approximate surface area is 609 Å². The minimum Gasteiger partial charge on any atom is -0.456 e. The summed E-state index contributed by atoms with van der Waals surface area (Å²) >= 11 is 0. The number of benzene rings is 15. The first-order valence-corrected chi connectivity index (χ1v) is 35.5. The Balaban J connectivity index is 0.000000141. The lowest BCUT2D eigenvalue weighted by Gasteiger charge is -2.13. The zero-order valence-electron chi connectivity index (χ0n) is 57.1. The molecule has 0 amide bonds. The summed E-state index contributed by atoms with van der Waals surface area (Å²) in [5.74, 6) is 1.32. The van der Waals surface area contributed by atoms with Crippen molar-refractivity contribution >= 4 is 87.8 Å². The molecule has 8 nitrogen and oxygen atoms in total. The van der Waals surface area contributed by atoms with E-state index in [9.17, 15) is 0 Å². The van der Waals surface area contributed by atoms with Crippen LogP contribution in [0.25, 0.3) is 211 Å². The van der Waals surface area contributed by atoms with Crippen molar-refractivity contribution in [3.63, 3.8) is 0 Å².